The highest BCUT2D eigenvalue weighted by atomic mass is 31.2. The summed E-state index contributed by atoms with van der Waals surface area (Å²) in [5.41, 5.74) is 1.64. The van der Waals surface area contributed by atoms with Gasteiger partial charge in [0.1, 0.15) is 19.3 Å². The Bertz CT molecular complexity index is 1120. The maximum absolute atomic E-state index is 12.9. The number of phosphoric acid groups is 1. The molecule has 11 heteroatoms. The zero-order valence-corrected chi connectivity index (χ0v) is 23.6. The molecular weight excluding hydrogens is 515 g/mol. The molecule has 1 heterocycles. The molecular formula is C26H35O9PSi. The summed E-state index contributed by atoms with van der Waals surface area (Å²) in [6, 6.07) is 18.5. The predicted octanol–water partition coefficient (Wildman–Crippen LogP) is 5.06. The van der Waals surface area contributed by atoms with Crippen LogP contribution >= 0.6 is 7.82 Å². The van der Waals surface area contributed by atoms with Gasteiger partial charge < -0.3 is 28.4 Å². The lowest BCUT2D eigenvalue weighted by atomic mass is 10.1. The lowest BCUT2D eigenvalue weighted by Gasteiger charge is -2.37. The maximum atomic E-state index is 12.9. The number of phosphoric ester groups is 1. The normalized spacial score (nSPS) is 17.5. The van der Waals surface area contributed by atoms with Crippen molar-refractivity contribution in [3.63, 3.8) is 0 Å². The van der Waals surface area contributed by atoms with E-state index in [-0.39, 0.29) is 36.4 Å². The third kappa shape index (κ3) is 8.26. The highest BCUT2D eigenvalue weighted by Gasteiger charge is 2.47. The molecule has 2 N–H and O–H groups in total. The minimum atomic E-state index is -4.98. The van der Waals surface area contributed by atoms with Crippen LogP contribution in [0.4, 0.5) is 0 Å². The number of esters is 1. The van der Waals surface area contributed by atoms with Gasteiger partial charge in [-0.1, -0.05) is 81.4 Å². The maximum Gasteiger partial charge on any atom is 0.470 e. The van der Waals surface area contributed by atoms with Crippen molar-refractivity contribution in [2.75, 3.05) is 6.61 Å². The summed E-state index contributed by atoms with van der Waals surface area (Å²) in [5.74, 6) is -0.978. The van der Waals surface area contributed by atoms with E-state index in [0.717, 1.165) is 11.1 Å². The molecule has 1 aliphatic heterocycles. The number of carbonyl (C=O) groups is 1. The van der Waals surface area contributed by atoms with Crippen molar-refractivity contribution < 1.29 is 42.3 Å². The third-order valence-electron chi connectivity index (χ3n) is 6.39. The van der Waals surface area contributed by atoms with Gasteiger partial charge in [0.15, 0.2) is 20.2 Å². The van der Waals surface area contributed by atoms with Gasteiger partial charge in [-0.25, -0.2) is 9.36 Å². The smallest absolute Gasteiger partial charge is 0.470 e. The highest BCUT2D eigenvalue weighted by molar-refractivity contribution is 7.46. The number of cyclic esters (lactones) is 1. The van der Waals surface area contributed by atoms with E-state index in [2.05, 4.69) is 0 Å². The number of carbonyl (C=O) groups excluding carboxylic acids is 1. The van der Waals surface area contributed by atoms with Crippen molar-refractivity contribution >= 4 is 22.1 Å². The minimum absolute atomic E-state index is 0.00191. The van der Waals surface area contributed by atoms with E-state index >= 15 is 0 Å². The van der Waals surface area contributed by atoms with Gasteiger partial charge in [0.2, 0.25) is 5.76 Å². The Morgan fingerprint density at radius 1 is 0.946 bits per heavy atom. The Labute approximate surface area is 218 Å². The molecule has 2 unspecified atom stereocenters. The van der Waals surface area contributed by atoms with Crippen molar-refractivity contribution in [2.45, 2.75) is 64.3 Å². The molecule has 1 aliphatic rings. The minimum Gasteiger partial charge on any atom is -0.485 e. The second-order valence-corrected chi connectivity index (χ2v) is 16.3. The van der Waals surface area contributed by atoms with Gasteiger partial charge in [-0.3, -0.25) is 4.52 Å². The van der Waals surface area contributed by atoms with Crippen LogP contribution in [0.3, 0.4) is 0 Å². The predicted molar refractivity (Wildman–Crippen MR) is 139 cm³/mol. The van der Waals surface area contributed by atoms with E-state index in [9.17, 15) is 19.1 Å². The lowest BCUT2D eigenvalue weighted by molar-refractivity contribution is -0.148. The van der Waals surface area contributed by atoms with Crippen LogP contribution in [0.25, 0.3) is 0 Å². The summed E-state index contributed by atoms with van der Waals surface area (Å²) < 4.78 is 40.5. The molecule has 0 amide bonds. The van der Waals surface area contributed by atoms with E-state index < -0.39 is 34.3 Å². The fourth-order valence-corrected chi connectivity index (χ4v) is 4.83. The summed E-state index contributed by atoms with van der Waals surface area (Å²) in [6.07, 6.45) is -2.61. The fourth-order valence-electron chi connectivity index (χ4n) is 3.30. The van der Waals surface area contributed by atoms with Crippen LogP contribution in [0.1, 0.15) is 31.9 Å². The molecule has 3 rings (SSSR count). The Hall–Kier alpha value is -2.46. The fraction of sp³-hybridized carbons (Fsp3) is 0.423. The number of hydrogen-bond acceptors (Lipinski definition) is 7. The SMILES string of the molecule is CC(C)(C)[Si](C)(C)OCC(OP(=O)(O)O)C1OC(=O)C(OCc2ccccc2)=C1OCc1ccccc1. The number of rotatable bonds is 12. The number of benzene rings is 2. The van der Waals surface area contributed by atoms with Gasteiger partial charge in [-0.05, 0) is 29.3 Å². The first kappa shape index (κ1) is 29.1. The van der Waals surface area contributed by atoms with Crippen LogP contribution in [-0.2, 0) is 45.7 Å². The first-order valence-corrected chi connectivity index (χ1v) is 16.4. The molecule has 2 atom stereocenters. The Kier molecular flexibility index (Phi) is 9.39. The molecule has 9 nitrogen and oxygen atoms in total. The Morgan fingerprint density at radius 3 is 1.95 bits per heavy atom. The van der Waals surface area contributed by atoms with Crippen LogP contribution in [-0.4, -0.2) is 42.9 Å². The average Bonchev–Trinajstić information content (AvgIpc) is 3.14. The second-order valence-electron chi connectivity index (χ2n) is 10.3. The standard InChI is InChI=1S/C26H35O9PSi/c1-26(2,3)37(4,5)33-18-21(35-36(28,29)30)22-23(31-16-19-12-8-6-9-13-19)24(25(27)34-22)32-17-20-14-10-7-11-15-20/h6-15,21-22H,16-18H2,1-5H3,(H2,28,29,30). The van der Waals surface area contributed by atoms with E-state index in [1.54, 1.807) is 0 Å². The van der Waals surface area contributed by atoms with Gasteiger partial charge in [0.25, 0.3) is 0 Å². The van der Waals surface area contributed by atoms with E-state index in [4.69, 9.17) is 23.2 Å². The lowest BCUT2D eigenvalue weighted by Crippen LogP contribution is -2.45. The van der Waals surface area contributed by atoms with Crippen LogP contribution in [0, 0.1) is 0 Å². The van der Waals surface area contributed by atoms with Gasteiger partial charge in [0, 0.05) is 0 Å². The third-order valence-corrected chi connectivity index (χ3v) is 11.4. The molecule has 0 spiro atoms. The molecule has 0 radical (unpaired) electrons. The summed E-state index contributed by atoms with van der Waals surface area (Å²) in [7, 11) is -7.32. The molecule has 202 valence electrons. The van der Waals surface area contributed by atoms with Crippen molar-refractivity contribution in [2.24, 2.45) is 0 Å². The van der Waals surface area contributed by atoms with Gasteiger partial charge in [-0.15, -0.1) is 0 Å². The summed E-state index contributed by atoms with van der Waals surface area (Å²) in [4.78, 5) is 32.2. The zero-order valence-electron chi connectivity index (χ0n) is 21.7. The molecule has 2 aromatic carbocycles. The molecule has 2 aromatic rings. The van der Waals surface area contributed by atoms with Gasteiger partial charge >= 0.3 is 13.8 Å². The molecule has 0 aliphatic carbocycles. The highest BCUT2D eigenvalue weighted by Crippen LogP contribution is 2.43. The van der Waals surface area contributed by atoms with Gasteiger partial charge in [0.05, 0.1) is 6.61 Å². The molecule has 0 bridgehead atoms. The largest absolute Gasteiger partial charge is 0.485 e. The Balaban J connectivity index is 1.92. The summed E-state index contributed by atoms with van der Waals surface area (Å²) in [5, 5.41) is -0.168. The summed E-state index contributed by atoms with van der Waals surface area (Å²) in [6.45, 7) is 10.0. The van der Waals surface area contributed by atoms with Crippen molar-refractivity contribution in [3.05, 3.63) is 83.3 Å². The molecule has 0 fully saturated rings. The van der Waals surface area contributed by atoms with E-state index in [1.165, 1.54) is 0 Å². The molecule has 37 heavy (non-hydrogen) atoms. The number of ether oxygens (including phenoxy) is 3. The average molecular weight is 551 g/mol. The van der Waals surface area contributed by atoms with Crippen molar-refractivity contribution in [3.8, 4) is 0 Å². The van der Waals surface area contributed by atoms with E-state index in [0.29, 0.717) is 0 Å². The van der Waals surface area contributed by atoms with Crippen molar-refractivity contribution in [1.29, 1.82) is 0 Å². The zero-order chi connectivity index (χ0) is 27.3. The number of hydrogen-bond donors (Lipinski definition) is 2. The van der Waals surface area contributed by atoms with Crippen LogP contribution < -0.4 is 0 Å². The molecule has 0 saturated heterocycles. The van der Waals surface area contributed by atoms with Crippen LogP contribution in [0.15, 0.2) is 72.2 Å². The molecule has 0 aromatic heterocycles. The first-order valence-electron chi connectivity index (χ1n) is 11.9. The quantitative estimate of drug-likeness (QED) is 0.212. The topological polar surface area (TPSA) is 121 Å². The molecule has 0 saturated carbocycles. The Morgan fingerprint density at radius 2 is 1.46 bits per heavy atom. The van der Waals surface area contributed by atoms with Crippen LogP contribution in [0.2, 0.25) is 18.1 Å². The second kappa shape index (κ2) is 11.9. The monoisotopic (exact) mass is 550 g/mol. The summed E-state index contributed by atoms with van der Waals surface area (Å²) >= 11 is 0. The first-order chi connectivity index (χ1) is 17.3. The van der Waals surface area contributed by atoms with Crippen molar-refractivity contribution in [1.82, 2.24) is 0 Å². The van der Waals surface area contributed by atoms with E-state index in [1.807, 2.05) is 94.5 Å². The van der Waals surface area contributed by atoms with Crippen LogP contribution in [0.5, 0.6) is 0 Å². The van der Waals surface area contributed by atoms with Gasteiger partial charge in [-0.2, -0.15) is 0 Å².